The van der Waals surface area contributed by atoms with Crippen LogP contribution in [0, 0.1) is 5.92 Å². The first-order valence-corrected chi connectivity index (χ1v) is 9.02. The van der Waals surface area contributed by atoms with E-state index in [1.54, 1.807) is 23.2 Å². The average Bonchev–Trinajstić information content (AvgIpc) is 2.76. The molecule has 0 bridgehead atoms. The van der Waals surface area contributed by atoms with Crippen LogP contribution in [0.2, 0.25) is 0 Å². The van der Waals surface area contributed by atoms with E-state index in [1.165, 1.54) is 11.3 Å². The molecule has 98 valence electrons. The molecule has 0 spiro atoms. The van der Waals surface area contributed by atoms with Crippen molar-refractivity contribution >= 4 is 33.1 Å². The van der Waals surface area contributed by atoms with Crippen molar-refractivity contribution in [3.8, 4) is 0 Å². The molecule has 7 heteroatoms. The number of nitrogens with two attached hydrogens (primary N) is 1. The number of hydrogen-bond donors (Lipinski definition) is 2. The van der Waals surface area contributed by atoms with Crippen LogP contribution in [0.1, 0.15) is 11.8 Å². The van der Waals surface area contributed by atoms with Gasteiger partial charge in [-0.2, -0.15) is 11.8 Å². The molecule has 0 aliphatic heterocycles. The molecule has 1 aromatic heterocycles. The molecule has 0 saturated heterocycles. The Bertz CT molecular complexity index is 442. The van der Waals surface area contributed by atoms with E-state index in [0.29, 0.717) is 22.2 Å². The molecule has 1 unspecified atom stereocenters. The fourth-order valence-electron chi connectivity index (χ4n) is 1.39. The van der Waals surface area contributed by atoms with E-state index < -0.39 is 10.0 Å². The summed E-state index contributed by atoms with van der Waals surface area (Å²) < 4.78 is 26.7. The molecule has 0 fully saturated rings. The summed E-state index contributed by atoms with van der Waals surface area (Å²) in [5.74, 6) is 1.26. The van der Waals surface area contributed by atoms with Crippen LogP contribution in [-0.4, -0.2) is 27.0 Å². The van der Waals surface area contributed by atoms with Crippen molar-refractivity contribution in [3.63, 3.8) is 0 Å². The van der Waals surface area contributed by atoms with Crippen LogP contribution < -0.4 is 10.5 Å². The summed E-state index contributed by atoms with van der Waals surface area (Å²) in [4.78, 5) is 1.02. The largest absolute Gasteiger partial charge is 0.326 e. The Kier molecular flexibility index (Phi) is 5.94. The molecule has 3 N–H and O–H groups in total. The van der Waals surface area contributed by atoms with E-state index in [-0.39, 0.29) is 6.54 Å². The summed E-state index contributed by atoms with van der Waals surface area (Å²) in [5.41, 5.74) is 5.51. The van der Waals surface area contributed by atoms with Crippen LogP contribution in [0.5, 0.6) is 0 Å². The lowest BCUT2D eigenvalue weighted by Gasteiger charge is -2.11. The van der Waals surface area contributed by atoms with Gasteiger partial charge in [0.05, 0.1) is 4.90 Å². The zero-order chi connectivity index (χ0) is 12.9. The molecular weight excluding hydrogens is 276 g/mol. The molecule has 17 heavy (non-hydrogen) atoms. The Hall–Kier alpha value is -0.0800. The van der Waals surface area contributed by atoms with Crippen molar-refractivity contribution in [2.75, 3.05) is 18.6 Å². The van der Waals surface area contributed by atoms with Crippen LogP contribution in [0.25, 0.3) is 0 Å². The highest BCUT2D eigenvalue weighted by molar-refractivity contribution is 7.98. The molecule has 1 heterocycles. The Morgan fingerprint density at radius 2 is 2.29 bits per heavy atom. The van der Waals surface area contributed by atoms with Crippen molar-refractivity contribution < 1.29 is 8.42 Å². The van der Waals surface area contributed by atoms with E-state index >= 15 is 0 Å². The average molecular weight is 294 g/mol. The summed E-state index contributed by atoms with van der Waals surface area (Å²) in [6.07, 6.45) is 2.01. The molecule has 1 rings (SSSR count). The zero-order valence-electron chi connectivity index (χ0n) is 9.97. The third-order valence-electron chi connectivity index (χ3n) is 2.25. The molecule has 1 aromatic rings. The van der Waals surface area contributed by atoms with Gasteiger partial charge < -0.3 is 5.73 Å². The monoisotopic (exact) mass is 294 g/mol. The molecule has 0 amide bonds. The molecule has 4 nitrogen and oxygen atoms in total. The van der Waals surface area contributed by atoms with Gasteiger partial charge in [0.25, 0.3) is 0 Å². The maximum Gasteiger partial charge on any atom is 0.241 e. The van der Waals surface area contributed by atoms with Gasteiger partial charge >= 0.3 is 0 Å². The first kappa shape index (κ1) is 15.0. The van der Waals surface area contributed by atoms with Gasteiger partial charge in [-0.25, -0.2) is 13.1 Å². The number of sulfonamides is 1. The molecular formula is C10H18N2O2S3. The van der Waals surface area contributed by atoms with Gasteiger partial charge in [0, 0.05) is 18.0 Å². The minimum atomic E-state index is -3.40. The number of thiophene rings is 1. The number of hydrogen-bond acceptors (Lipinski definition) is 5. The van der Waals surface area contributed by atoms with Gasteiger partial charge in [0.1, 0.15) is 0 Å². The van der Waals surface area contributed by atoms with Crippen molar-refractivity contribution in [2.45, 2.75) is 18.4 Å². The minimum absolute atomic E-state index is 0.258. The fourth-order valence-corrected chi connectivity index (χ4v) is 4.58. The molecule has 0 radical (unpaired) electrons. The minimum Gasteiger partial charge on any atom is -0.326 e. The van der Waals surface area contributed by atoms with Crippen molar-refractivity contribution in [1.29, 1.82) is 0 Å². The maximum atomic E-state index is 12.0. The third-order valence-corrected chi connectivity index (χ3v) is 5.74. The van der Waals surface area contributed by atoms with Crippen LogP contribution in [0.4, 0.5) is 0 Å². The van der Waals surface area contributed by atoms with Gasteiger partial charge in [-0.15, -0.1) is 11.3 Å². The van der Waals surface area contributed by atoms with E-state index in [2.05, 4.69) is 4.72 Å². The third kappa shape index (κ3) is 4.26. The summed E-state index contributed by atoms with van der Waals surface area (Å²) in [6, 6.07) is 1.61. The topological polar surface area (TPSA) is 72.2 Å². The van der Waals surface area contributed by atoms with Gasteiger partial charge in [0.2, 0.25) is 10.0 Å². The fraction of sp³-hybridized carbons (Fsp3) is 0.600. The Morgan fingerprint density at radius 1 is 1.59 bits per heavy atom. The van der Waals surface area contributed by atoms with Gasteiger partial charge in [-0.1, -0.05) is 6.92 Å². The van der Waals surface area contributed by atoms with E-state index in [1.807, 2.05) is 13.2 Å². The van der Waals surface area contributed by atoms with Gasteiger partial charge in [-0.05, 0) is 29.4 Å². The molecule has 1 atom stereocenters. The van der Waals surface area contributed by atoms with E-state index in [0.717, 1.165) is 5.75 Å². The molecule has 0 aliphatic carbocycles. The standard InChI is InChI=1S/C10H18N2O2S3/c1-8(7-15-2)6-12-17(13,14)10-3-4-16-9(10)5-11/h3-4,8,12H,5-7,11H2,1-2H3. The van der Waals surface area contributed by atoms with Crippen molar-refractivity contribution in [2.24, 2.45) is 11.7 Å². The first-order chi connectivity index (χ1) is 8.01. The predicted molar refractivity (Wildman–Crippen MR) is 74.9 cm³/mol. The number of rotatable bonds is 7. The lowest BCUT2D eigenvalue weighted by molar-refractivity contribution is 0.562. The van der Waals surface area contributed by atoms with Crippen molar-refractivity contribution in [3.05, 3.63) is 16.3 Å². The summed E-state index contributed by atoms with van der Waals surface area (Å²) in [5, 5.41) is 1.75. The predicted octanol–water partition coefficient (Wildman–Crippen LogP) is 1.48. The first-order valence-electron chi connectivity index (χ1n) is 5.26. The van der Waals surface area contributed by atoms with E-state index in [4.69, 9.17) is 5.73 Å². The van der Waals surface area contributed by atoms with E-state index in [9.17, 15) is 8.42 Å². The van der Waals surface area contributed by atoms with Gasteiger partial charge in [0.15, 0.2) is 0 Å². The smallest absolute Gasteiger partial charge is 0.241 e. The van der Waals surface area contributed by atoms with Crippen molar-refractivity contribution in [1.82, 2.24) is 4.72 Å². The van der Waals surface area contributed by atoms with Crippen LogP contribution >= 0.6 is 23.1 Å². The maximum absolute atomic E-state index is 12.0. The molecule has 0 aliphatic rings. The van der Waals surface area contributed by atoms with Crippen LogP contribution in [0.3, 0.4) is 0 Å². The lowest BCUT2D eigenvalue weighted by atomic mass is 10.2. The summed E-state index contributed by atoms with van der Waals surface area (Å²) in [6.45, 7) is 2.74. The Morgan fingerprint density at radius 3 is 2.88 bits per heavy atom. The highest BCUT2D eigenvalue weighted by Crippen LogP contribution is 2.21. The summed E-state index contributed by atoms with van der Waals surface area (Å²) >= 11 is 3.09. The molecule has 0 aromatic carbocycles. The van der Waals surface area contributed by atoms with Gasteiger partial charge in [-0.3, -0.25) is 0 Å². The summed E-state index contributed by atoms with van der Waals surface area (Å²) in [7, 11) is -3.40. The highest BCUT2D eigenvalue weighted by atomic mass is 32.2. The zero-order valence-corrected chi connectivity index (χ0v) is 12.4. The number of nitrogens with one attached hydrogen (secondary N) is 1. The quantitative estimate of drug-likeness (QED) is 0.799. The highest BCUT2D eigenvalue weighted by Gasteiger charge is 2.19. The molecule has 0 saturated carbocycles. The Labute approximate surface area is 111 Å². The second kappa shape index (κ2) is 6.75. The lowest BCUT2D eigenvalue weighted by Crippen LogP contribution is -2.29. The van der Waals surface area contributed by atoms with Crippen LogP contribution in [0.15, 0.2) is 16.3 Å². The normalized spacial score (nSPS) is 13.8. The second-order valence-electron chi connectivity index (χ2n) is 3.82. The number of thioether (sulfide) groups is 1. The van der Waals surface area contributed by atoms with Crippen LogP contribution in [-0.2, 0) is 16.6 Å². The Balaban J connectivity index is 2.69. The second-order valence-corrected chi connectivity index (χ2v) is 7.47. The SMILES string of the molecule is CSCC(C)CNS(=O)(=O)c1ccsc1CN.